The zero-order valence-corrected chi connectivity index (χ0v) is 17.8. The zero-order valence-electron chi connectivity index (χ0n) is 16.3. The van der Waals surface area contributed by atoms with Crippen LogP contribution in [0.5, 0.6) is 0 Å². The molecule has 0 unspecified atom stereocenters. The van der Waals surface area contributed by atoms with Gasteiger partial charge in [0, 0.05) is 60.5 Å². The molecule has 0 N–H and O–H groups in total. The second kappa shape index (κ2) is 7.87. The van der Waals surface area contributed by atoms with Gasteiger partial charge in [-0.3, -0.25) is 9.13 Å². The lowest BCUT2D eigenvalue weighted by molar-refractivity contribution is 0.574. The number of piperazine rings is 1. The summed E-state index contributed by atoms with van der Waals surface area (Å²) in [6.45, 7) is 8.00. The minimum atomic E-state index is 0.00543. The van der Waals surface area contributed by atoms with Gasteiger partial charge in [-0.2, -0.15) is 0 Å². The van der Waals surface area contributed by atoms with Gasteiger partial charge in [0.1, 0.15) is 0 Å². The highest BCUT2D eigenvalue weighted by atomic mass is 79.9. The van der Waals surface area contributed by atoms with Crippen LogP contribution in [0.2, 0.25) is 0 Å². The molecule has 146 valence electrons. The Kier molecular flexibility index (Phi) is 5.31. The van der Waals surface area contributed by atoms with Gasteiger partial charge in [0.05, 0.1) is 5.69 Å². The third-order valence-electron chi connectivity index (χ3n) is 5.32. The van der Waals surface area contributed by atoms with E-state index in [0.29, 0.717) is 0 Å². The molecule has 3 aromatic rings. The van der Waals surface area contributed by atoms with Crippen molar-refractivity contribution < 1.29 is 0 Å². The Morgan fingerprint density at radius 3 is 1.68 bits per heavy atom. The summed E-state index contributed by atoms with van der Waals surface area (Å²) in [7, 11) is 0. The number of anilines is 2. The molecule has 0 atom stereocenters. The first-order valence-corrected chi connectivity index (χ1v) is 10.5. The molecule has 0 aliphatic carbocycles. The van der Waals surface area contributed by atoms with E-state index in [1.807, 2.05) is 38.4 Å². The number of rotatable bonds is 4. The van der Waals surface area contributed by atoms with Crippen molar-refractivity contribution in [3.63, 3.8) is 0 Å². The molecule has 1 aliphatic rings. The van der Waals surface area contributed by atoms with Crippen LogP contribution in [-0.2, 0) is 0 Å². The van der Waals surface area contributed by atoms with E-state index in [9.17, 15) is 4.79 Å². The average Bonchev–Trinajstić information content (AvgIpc) is 3.10. The standard InChI is InChI=1S/C22H25BrN4O/c1-17(2)26-15-16-27(22(26)28)21-9-7-20(8-10-21)25-13-11-24(12-14-25)19-5-3-18(23)4-6-19/h3-10,15-17H,11-14H2,1-2H3. The lowest BCUT2D eigenvalue weighted by atomic mass is 10.2. The molecule has 4 rings (SSSR count). The fourth-order valence-electron chi connectivity index (χ4n) is 3.68. The topological polar surface area (TPSA) is 33.4 Å². The smallest absolute Gasteiger partial charge is 0.332 e. The van der Waals surface area contributed by atoms with Crippen LogP contribution in [0, 0.1) is 0 Å². The molecular weight excluding hydrogens is 416 g/mol. The molecule has 5 nitrogen and oxygen atoms in total. The van der Waals surface area contributed by atoms with Gasteiger partial charge in [0.2, 0.25) is 0 Å². The number of aromatic nitrogens is 2. The van der Waals surface area contributed by atoms with Crippen molar-refractivity contribution >= 4 is 27.3 Å². The van der Waals surface area contributed by atoms with E-state index in [4.69, 9.17) is 0 Å². The number of benzene rings is 2. The molecule has 0 radical (unpaired) electrons. The van der Waals surface area contributed by atoms with Crippen molar-refractivity contribution in [1.82, 2.24) is 9.13 Å². The number of hydrogen-bond acceptors (Lipinski definition) is 3. The van der Waals surface area contributed by atoms with Gasteiger partial charge in [0.15, 0.2) is 0 Å². The highest BCUT2D eigenvalue weighted by Gasteiger charge is 2.18. The largest absolute Gasteiger partial charge is 0.368 e. The van der Waals surface area contributed by atoms with E-state index in [2.05, 4.69) is 62.1 Å². The fourth-order valence-corrected chi connectivity index (χ4v) is 3.94. The van der Waals surface area contributed by atoms with E-state index in [1.165, 1.54) is 11.4 Å². The first-order chi connectivity index (χ1) is 13.5. The van der Waals surface area contributed by atoms with Gasteiger partial charge in [-0.25, -0.2) is 4.79 Å². The van der Waals surface area contributed by atoms with E-state index in [1.54, 1.807) is 9.13 Å². The predicted octanol–water partition coefficient (Wildman–Crippen LogP) is 4.31. The summed E-state index contributed by atoms with van der Waals surface area (Å²) in [6, 6.07) is 17.0. The van der Waals surface area contributed by atoms with Crippen molar-refractivity contribution in [2.45, 2.75) is 19.9 Å². The van der Waals surface area contributed by atoms with Gasteiger partial charge in [-0.05, 0) is 62.4 Å². The van der Waals surface area contributed by atoms with Gasteiger partial charge in [-0.15, -0.1) is 0 Å². The van der Waals surface area contributed by atoms with Crippen LogP contribution in [0.25, 0.3) is 5.69 Å². The van der Waals surface area contributed by atoms with Crippen LogP contribution in [0.1, 0.15) is 19.9 Å². The summed E-state index contributed by atoms with van der Waals surface area (Å²) in [6.07, 6.45) is 3.69. The minimum Gasteiger partial charge on any atom is -0.368 e. The third-order valence-corrected chi connectivity index (χ3v) is 5.85. The van der Waals surface area contributed by atoms with E-state index < -0.39 is 0 Å². The lowest BCUT2D eigenvalue weighted by Crippen LogP contribution is -2.46. The zero-order chi connectivity index (χ0) is 19.7. The lowest BCUT2D eigenvalue weighted by Gasteiger charge is -2.37. The summed E-state index contributed by atoms with van der Waals surface area (Å²) < 4.78 is 4.56. The molecule has 6 heteroatoms. The molecule has 0 amide bonds. The van der Waals surface area contributed by atoms with Crippen LogP contribution >= 0.6 is 15.9 Å². The Bertz CT molecular complexity index is 981. The number of hydrogen-bond donors (Lipinski definition) is 0. The van der Waals surface area contributed by atoms with Crippen LogP contribution in [0.4, 0.5) is 11.4 Å². The number of nitrogens with zero attached hydrogens (tertiary/aromatic N) is 4. The molecule has 1 saturated heterocycles. The van der Waals surface area contributed by atoms with Crippen molar-refractivity contribution in [3.8, 4) is 5.69 Å². The summed E-state index contributed by atoms with van der Waals surface area (Å²) >= 11 is 3.50. The van der Waals surface area contributed by atoms with E-state index >= 15 is 0 Å². The molecule has 2 aromatic carbocycles. The number of halogens is 1. The van der Waals surface area contributed by atoms with E-state index in [0.717, 1.165) is 36.3 Å². The normalized spacial score (nSPS) is 14.7. The second-order valence-corrected chi connectivity index (χ2v) is 8.33. The van der Waals surface area contributed by atoms with Crippen molar-refractivity contribution in [3.05, 3.63) is 75.9 Å². The molecular formula is C22H25BrN4O. The maximum atomic E-state index is 12.5. The predicted molar refractivity (Wildman–Crippen MR) is 119 cm³/mol. The molecule has 0 saturated carbocycles. The molecule has 1 aliphatic heterocycles. The molecule has 1 aromatic heterocycles. The first-order valence-electron chi connectivity index (χ1n) is 9.68. The number of imidazole rings is 1. The Morgan fingerprint density at radius 2 is 1.21 bits per heavy atom. The Balaban J connectivity index is 1.44. The highest BCUT2D eigenvalue weighted by molar-refractivity contribution is 9.10. The molecule has 0 spiro atoms. The Hall–Kier alpha value is -2.47. The second-order valence-electron chi connectivity index (χ2n) is 7.42. The van der Waals surface area contributed by atoms with Crippen molar-refractivity contribution in [2.24, 2.45) is 0 Å². The van der Waals surface area contributed by atoms with Gasteiger partial charge >= 0.3 is 5.69 Å². The third kappa shape index (κ3) is 3.74. The van der Waals surface area contributed by atoms with Crippen molar-refractivity contribution in [2.75, 3.05) is 36.0 Å². The Morgan fingerprint density at radius 1 is 0.750 bits per heavy atom. The summed E-state index contributed by atoms with van der Waals surface area (Å²) in [4.78, 5) is 17.3. The monoisotopic (exact) mass is 440 g/mol. The quantitative estimate of drug-likeness (QED) is 0.605. The van der Waals surface area contributed by atoms with Crippen LogP contribution in [-0.4, -0.2) is 35.3 Å². The molecule has 28 heavy (non-hydrogen) atoms. The average molecular weight is 441 g/mol. The van der Waals surface area contributed by atoms with Crippen molar-refractivity contribution in [1.29, 1.82) is 0 Å². The van der Waals surface area contributed by atoms with Gasteiger partial charge in [-0.1, -0.05) is 15.9 Å². The van der Waals surface area contributed by atoms with Crippen LogP contribution in [0.15, 0.2) is 70.2 Å². The highest BCUT2D eigenvalue weighted by Crippen LogP contribution is 2.23. The van der Waals surface area contributed by atoms with Crippen LogP contribution < -0.4 is 15.5 Å². The van der Waals surface area contributed by atoms with Gasteiger partial charge < -0.3 is 9.80 Å². The van der Waals surface area contributed by atoms with Gasteiger partial charge in [0.25, 0.3) is 0 Å². The maximum absolute atomic E-state index is 12.5. The summed E-state index contributed by atoms with van der Waals surface area (Å²) in [5.41, 5.74) is 3.38. The Labute approximate surface area is 173 Å². The summed E-state index contributed by atoms with van der Waals surface area (Å²) in [5.74, 6) is 0. The first kappa shape index (κ1) is 18.9. The molecule has 1 fully saturated rings. The minimum absolute atomic E-state index is 0.00543. The molecule has 0 bridgehead atoms. The SMILES string of the molecule is CC(C)n1ccn(-c2ccc(N3CCN(c4ccc(Br)cc4)CC3)cc2)c1=O. The maximum Gasteiger partial charge on any atom is 0.332 e. The summed E-state index contributed by atoms with van der Waals surface area (Å²) in [5, 5.41) is 0. The molecule has 2 heterocycles. The van der Waals surface area contributed by atoms with E-state index in [-0.39, 0.29) is 11.7 Å². The van der Waals surface area contributed by atoms with Crippen LogP contribution in [0.3, 0.4) is 0 Å². The fraction of sp³-hybridized carbons (Fsp3) is 0.318.